The van der Waals surface area contributed by atoms with Gasteiger partial charge in [0, 0.05) is 36.1 Å². The molecule has 3 N–H and O–H groups in total. The Hall–Kier alpha value is -0.120. The van der Waals surface area contributed by atoms with Crippen LogP contribution in [0, 0.1) is 17.3 Å². The largest absolute Gasteiger partial charge is 0.377 e. The van der Waals surface area contributed by atoms with Crippen LogP contribution in [0.3, 0.4) is 0 Å². The molecule has 0 radical (unpaired) electrons. The van der Waals surface area contributed by atoms with Crippen LogP contribution in [0.4, 0.5) is 0 Å². The Morgan fingerprint density at radius 2 is 2.05 bits per heavy atom. The molecule has 3 fully saturated rings. The summed E-state index contributed by atoms with van der Waals surface area (Å²) in [6, 6.07) is 0.690. The molecule has 2 aliphatic carbocycles. The summed E-state index contributed by atoms with van der Waals surface area (Å²) in [7, 11) is 0. The van der Waals surface area contributed by atoms with Crippen molar-refractivity contribution in [2.75, 3.05) is 13.2 Å². The number of ether oxygens (including phenoxy) is 1. The van der Waals surface area contributed by atoms with Gasteiger partial charge >= 0.3 is 0 Å². The molecule has 1 saturated heterocycles. The zero-order chi connectivity index (χ0) is 13.7. The molecule has 110 valence electrons. The Kier molecular flexibility index (Phi) is 3.43. The van der Waals surface area contributed by atoms with Crippen molar-refractivity contribution >= 4 is 0 Å². The fourth-order valence-electron chi connectivity index (χ4n) is 4.73. The predicted molar refractivity (Wildman–Crippen MR) is 78.0 cm³/mol. The number of nitrogens with one attached hydrogen (secondary N) is 1. The second-order valence-electron chi connectivity index (χ2n) is 7.80. The van der Waals surface area contributed by atoms with Crippen molar-refractivity contribution in [3.05, 3.63) is 0 Å². The summed E-state index contributed by atoms with van der Waals surface area (Å²) in [5.74, 6) is 1.44. The first kappa shape index (κ1) is 13.8. The van der Waals surface area contributed by atoms with E-state index in [1.807, 2.05) is 0 Å². The van der Waals surface area contributed by atoms with Gasteiger partial charge in [-0.1, -0.05) is 20.8 Å². The number of nitrogens with two attached hydrogens (primary N) is 1. The summed E-state index contributed by atoms with van der Waals surface area (Å²) in [4.78, 5) is 0. The molecule has 3 nitrogen and oxygen atoms in total. The number of rotatable bonds is 3. The van der Waals surface area contributed by atoms with Gasteiger partial charge in [0.05, 0.1) is 6.10 Å². The third-order valence-corrected chi connectivity index (χ3v) is 6.27. The highest BCUT2D eigenvalue weighted by atomic mass is 16.5. The SMILES string of the molecule is CC1CCC(NCC2(N)C3CCCOC3C2(C)C)C1. The molecule has 0 bridgehead atoms. The molecule has 19 heavy (non-hydrogen) atoms. The summed E-state index contributed by atoms with van der Waals surface area (Å²) in [6.45, 7) is 8.82. The quantitative estimate of drug-likeness (QED) is 0.824. The summed E-state index contributed by atoms with van der Waals surface area (Å²) in [6.07, 6.45) is 6.82. The predicted octanol–water partition coefficient (Wildman–Crippen LogP) is 2.30. The topological polar surface area (TPSA) is 47.3 Å². The van der Waals surface area contributed by atoms with Gasteiger partial charge in [-0.3, -0.25) is 0 Å². The molecule has 3 heteroatoms. The van der Waals surface area contributed by atoms with Crippen LogP contribution in [0.5, 0.6) is 0 Å². The van der Waals surface area contributed by atoms with E-state index >= 15 is 0 Å². The van der Waals surface area contributed by atoms with Crippen LogP contribution < -0.4 is 11.1 Å². The van der Waals surface area contributed by atoms with Gasteiger partial charge in [-0.25, -0.2) is 0 Å². The number of fused-ring (bicyclic) bond motifs is 1. The second-order valence-corrected chi connectivity index (χ2v) is 7.80. The Labute approximate surface area is 117 Å². The Balaban J connectivity index is 1.62. The van der Waals surface area contributed by atoms with Crippen LogP contribution in [-0.2, 0) is 4.74 Å². The fourth-order valence-corrected chi connectivity index (χ4v) is 4.73. The van der Waals surface area contributed by atoms with Crippen molar-refractivity contribution in [2.24, 2.45) is 23.0 Å². The van der Waals surface area contributed by atoms with Gasteiger partial charge in [0.2, 0.25) is 0 Å². The standard InChI is InChI=1S/C16H30N2O/c1-11-6-7-12(9-11)18-10-16(17)13-5-4-8-19-14(13)15(16,2)3/h11-14,18H,4-10,17H2,1-3H3. The highest BCUT2D eigenvalue weighted by Gasteiger charge is 2.66. The van der Waals surface area contributed by atoms with E-state index in [0.717, 1.165) is 19.1 Å². The lowest BCUT2D eigenvalue weighted by molar-refractivity contribution is -0.226. The maximum atomic E-state index is 6.81. The molecule has 0 aromatic carbocycles. The van der Waals surface area contributed by atoms with Crippen LogP contribution in [0.2, 0.25) is 0 Å². The van der Waals surface area contributed by atoms with Crippen LogP contribution in [-0.4, -0.2) is 30.8 Å². The summed E-state index contributed by atoms with van der Waals surface area (Å²) >= 11 is 0. The Morgan fingerprint density at radius 1 is 1.26 bits per heavy atom. The maximum absolute atomic E-state index is 6.81. The molecule has 3 rings (SSSR count). The fraction of sp³-hybridized carbons (Fsp3) is 1.00. The monoisotopic (exact) mass is 266 g/mol. The molecule has 3 aliphatic rings. The van der Waals surface area contributed by atoms with E-state index in [-0.39, 0.29) is 11.0 Å². The molecule has 1 aliphatic heterocycles. The molecule has 0 amide bonds. The normalized spacial score (nSPS) is 48.6. The Morgan fingerprint density at radius 3 is 2.74 bits per heavy atom. The smallest absolute Gasteiger partial charge is 0.0690 e. The van der Waals surface area contributed by atoms with Crippen molar-refractivity contribution in [1.29, 1.82) is 0 Å². The van der Waals surface area contributed by atoms with Crippen molar-refractivity contribution in [3.8, 4) is 0 Å². The zero-order valence-corrected chi connectivity index (χ0v) is 12.7. The minimum Gasteiger partial charge on any atom is -0.377 e. The first-order chi connectivity index (χ1) is 8.95. The minimum atomic E-state index is -0.0794. The number of hydrogen-bond donors (Lipinski definition) is 2. The molecule has 0 aromatic rings. The van der Waals surface area contributed by atoms with Gasteiger partial charge in [-0.15, -0.1) is 0 Å². The van der Waals surface area contributed by atoms with Crippen molar-refractivity contribution in [2.45, 2.75) is 70.6 Å². The van der Waals surface area contributed by atoms with Crippen molar-refractivity contribution < 1.29 is 4.74 Å². The highest BCUT2D eigenvalue weighted by molar-refractivity contribution is 5.20. The maximum Gasteiger partial charge on any atom is 0.0690 e. The van der Waals surface area contributed by atoms with E-state index in [9.17, 15) is 0 Å². The molecule has 0 spiro atoms. The Bertz CT molecular complexity index is 344. The van der Waals surface area contributed by atoms with E-state index in [4.69, 9.17) is 10.5 Å². The van der Waals surface area contributed by atoms with Gasteiger partial charge < -0.3 is 15.8 Å². The lowest BCUT2D eigenvalue weighted by atomic mass is 9.46. The minimum absolute atomic E-state index is 0.0794. The van der Waals surface area contributed by atoms with Crippen molar-refractivity contribution in [1.82, 2.24) is 5.32 Å². The molecular weight excluding hydrogens is 236 g/mol. The van der Waals surface area contributed by atoms with Gasteiger partial charge in [-0.2, -0.15) is 0 Å². The van der Waals surface area contributed by atoms with Crippen LogP contribution in [0.25, 0.3) is 0 Å². The van der Waals surface area contributed by atoms with Crippen LogP contribution in [0.15, 0.2) is 0 Å². The van der Waals surface area contributed by atoms with Gasteiger partial charge in [-0.05, 0) is 38.0 Å². The molecule has 5 atom stereocenters. The van der Waals surface area contributed by atoms with E-state index < -0.39 is 0 Å². The summed E-state index contributed by atoms with van der Waals surface area (Å²) in [5, 5.41) is 3.76. The van der Waals surface area contributed by atoms with E-state index in [1.165, 1.54) is 32.1 Å². The number of hydrogen-bond acceptors (Lipinski definition) is 3. The lowest BCUT2D eigenvalue weighted by Crippen LogP contribution is -2.80. The van der Waals surface area contributed by atoms with Gasteiger partial charge in [0.1, 0.15) is 0 Å². The third kappa shape index (κ3) is 2.05. The average Bonchev–Trinajstić information content (AvgIpc) is 2.82. The van der Waals surface area contributed by atoms with Crippen molar-refractivity contribution in [3.63, 3.8) is 0 Å². The summed E-state index contributed by atoms with van der Waals surface area (Å²) < 4.78 is 5.97. The summed E-state index contributed by atoms with van der Waals surface area (Å²) in [5.41, 5.74) is 6.83. The van der Waals surface area contributed by atoms with Crippen LogP contribution in [0.1, 0.15) is 52.9 Å². The van der Waals surface area contributed by atoms with Crippen LogP contribution >= 0.6 is 0 Å². The van der Waals surface area contributed by atoms with Gasteiger partial charge in [0.15, 0.2) is 0 Å². The van der Waals surface area contributed by atoms with Gasteiger partial charge in [0.25, 0.3) is 0 Å². The molecule has 0 aromatic heterocycles. The first-order valence-electron chi connectivity index (χ1n) is 8.09. The van der Waals surface area contributed by atoms with E-state index in [1.54, 1.807) is 0 Å². The zero-order valence-electron chi connectivity index (χ0n) is 12.7. The molecule has 5 unspecified atom stereocenters. The average molecular weight is 266 g/mol. The molecule has 1 heterocycles. The lowest BCUT2D eigenvalue weighted by Gasteiger charge is -2.66. The molecular formula is C16H30N2O. The van der Waals surface area contributed by atoms with E-state index in [2.05, 4.69) is 26.1 Å². The highest BCUT2D eigenvalue weighted by Crippen LogP contribution is 2.57. The second kappa shape index (κ2) is 4.71. The van der Waals surface area contributed by atoms with E-state index in [0.29, 0.717) is 18.1 Å². The molecule has 2 saturated carbocycles. The third-order valence-electron chi connectivity index (χ3n) is 6.27. The first-order valence-corrected chi connectivity index (χ1v) is 8.09.